The summed E-state index contributed by atoms with van der Waals surface area (Å²) in [6, 6.07) is 50.9. The standard InChI is InChI=1S/C41H23N3S/c1-2-10-26(11-3-1)43-31-16-7-13-28-29-14-8-17-32-38(29)40-34(22-20-24-19-21-33(43)39(36(24)40)37(28)31)44(32)27-12-6-9-25(23-27)41-42-30-15-4-5-18-35(30)45-41/h1-23H. The Balaban J connectivity index is 1.29. The van der Waals surface area contributed by atoms with E-state index in [4.69, 9.17) is 4.98 Å². The van der Waals surface area contributed by atoms with Crippen molar-refractivity contribution in [2.45, 2.75) is 0 Å². The minimum atomic E-state index is 1.05. The van der Waals surface area contributed by atoms with E-state index in [1.807, 2.05) is 0 Å². The van der Waals surface area contributed by atoms with Crippen molar-refractivity contribution in [2.24, 2.45) is 0 Å². The van der Waals surface area contributed by atoms with Gasteiger partial charge >= 0.3 is 0 Å². The molecule has 3 aromatic heterocycles. The van der Waals surface area contributed by atoms with Crippen molar-refractivity contribution in [1.82, 2.24) is 14.1 Å². The van der Waals surface area contributed by atoms with E-state index >= 15 is 0 Å². The molecule has 0 unspecified atom stereocenters. The number of benzene rings is 7. The zero-order chi connectivity index (χ0) is 29.2. The number of rotatable bonds is 3. The SMILES string of the molecule is c1ccc(-n2c3cccc4c3c3c5c(ccc32)ccc2c5c3c-4cccc3n2-c2cccc(-c3nc4ccccc4s3)c2)cc1. The summed E-state index contributed by atoms with van der Waals surface area (Å²) in [5.74, 6) is 0. The Morgan fingerprint density at radius 3 is 1.76 bits per heavy atom. The van der Waals surface area contributed by atoms with Gasteiger partial charge in [0.1, 0.15) is 5.01 Å². The molecule has 0 N–H and O–H groups in total. The third-order valence-corrected chi connectivity index (χ3v) is 10.7. The Morgan fingerprint density at radius 2 is 1.04 bits per heavy atom. The fourth-order valence-corrected chi connectivity index (χ4v) is 8.83. The van der Waals surface area contributed by atoms with Crippen LogP contribution < -0.4 is 0 Å². The molecule has 0 atom stereocenters. The van der Waals surface area contributed by atoms with Crippen LogP contribution in [0, 0.1) is 0 Å². The maximum atomic E-state index is 4.98. The van der Waals surface area contributed by atoms with E-state index in [1.165, 1.54) is 75.9 Å². The number of para-hydroxylation sites is 2. The third-order valence-electron chi connectivity index (χ3n) is 9.64. The Bertz CT molecular complexity index is 2830. The molecule has 3 nitrogen and oxygen atoms in total. The molecule has 1 aliphatic rings. The first-order valence-electron chi connectivity index (χ1n) is 15.3. The number of thiazole rings is 1. The molecule has 0 fully saturated rings. The Labute approximate surface area is 261 Å². The molecular formula is C41H23N3S. The van der Waals surface area contributed by atoms with Gasteiger partial charge in [-0.1, -0.05) is 78.9 Å². The molecule has 0 spiro atoms. The van der Waals surface area contributed by atoms with Crippen molar-refractivity contribution in [2.75, 3.05) is 0 Å². The molecule has 1 aliphatic carbocycles. The number of aromatic nitrogens is 3. The van der Waals surface area contributed by atoms with E-state index in [9.17, 15) is 0 Å². The van der Waals surface area contributed by atoms with Gasteiger partial charge in [0.25, 0.3) is 0 Å². The molecule has 45 heavy (non-hydrogen) atoms. The van der Waals surface area contributed by atoms with Crippen molar-refractivity contribution in [3.05, 3.63) is 140 Å². The summed E-state index contributed by atoms with van der Waals surface area (Å²) >= 11 is 1.75. The molecule has 0 amide bonds. The molecule has 7 aromatic carbocycles. The molecule has 3 heterocycles. The third kappa shape index (κ3) is 3.02. The molecule has 0 saturated carbocycles. The second-order valence-electron chi connectivity index (χ2n) is 12.0. The summed E-state index contributed by atoms with van der Waals surface area (Å²) < 4.78 is 6.11. The van der Waals surface area contributed by atoms with E-state index in [2.05, 4.69) is 149 Å². The van der Waals surface area contributed by atoms with Gasteiger partial charge in [-0.25, -0.2) is 4.98 Å². The molecule has 10 aromatic rings. The molecule has 0 radical (unpaired) electrons. The first kappa shape index (κ1) is 23.7. The van der Waals surface area contributed by atoms with Crippen LogP contribution in [-0.4, -0.2) is 14.1 Å². The maximum Gasteiger partial charge on any atom is 0.124 e. The lowest BCUT2D eigenvalue weighted by Gasteiger charge is -2.11. The van der Waals surface area contributed by atoms with Crippen LogP contribution in [0.15, 0.2) is 140 Å². The second-order valence-corrected chi connectivity index (χ2v) is 13.0. The Hall–Kier alpha value is -5.71. The van der Waals surface area contributed by atoms with Crippen LogP contribution in [0.1, 0.15) is 0 Å². The summed E-state index contributed by atoms with van der Waals surface area (Å²) in [5.41, 5.74) is 12.1. The summed E-state index contributed by atoms with van der Waals surface area (Å²) in [6.45, 7) is 0. The first-order chi connectivity index (χ1) is 22.3. The van der Waals surface area contributed by atoms with Gasteiger partial charge < -0.3 is 9.13 Å². The molecule has 0 bridgehead atoms. The summed E-state index contributed by atoms with van der Waals surface area (Å²) in [7, 11) is 0. The first-order valence-corrected chi connectivity index (χ1v) is 16.1. The molecule has 208 valence electrons. The summed E-state index contributed by atoms with van der Waals surface area (Å²) in [4.78, 5) is 4.98. The van der Waals surface area contributed by atoms with Crippen LogP contribution >= 0.6 is 11.3 Å². The van der Waals surface area contributed by atoms with Crippen molar-refractivity contribution in [3.63, 3.8) is 0 Å². The van der Waals surface area contributed by atoms with Crippen molar-refractivity contribution >= 4 is 75.9 Å². The van der Waals surface area contributed by atoms with Gasteiger partial charge in [0, 0.05) is 43.9 Å². The highest BCUT2D eigenvalue weighted by Gasteiger charge is 2.26. The van der Waals surface area contributed by atoms with Gasteiger partial charge in [-0.3, -0.25) is 0 Å². The molecule has 0 saturated heterocycles. The van der Waals surface area contributed by atoms with E-state index in [-0.39, 0.29) is 0 Å². The van der Waals surface area contributed by atoms with Crippen LogP contribution in [-0.2, 0) is 0 Å². The average Bonchev–Trinajstić information content (AvgIpc) is 3.76. The van der Waals surface area contributed by atoms with Crippen molar-refractivity contribution in [1.29, 1.82) is 0 Å². The second kappa shape index (κ2) is 8.47. The van der Waals surface area contributed by atoms with Crippen LogP contribution in [0.2, 0.25) is 0 Å². The maximum absolute atomic E-state index is 4.98. The quantitative estimate of drug-likeness (QED) is 0.201. The lowest BCUT2D eigenvalue weighted by molar-refractivity contribution is 1.18. The lowest BCUT2D eigenvalue weighted by atomic mass is 9.98. The number of hydrogen-bond acceptors (Lipinski definition) is 2. The fourth-order valence-electron chi connectivity index (χ4n) is 7.87. The van der Waals surface area contributed by atoms with Gasteiger partial charge in [-0.15, -0.1) is 11.3 Å². The van der Waals surface area contributed by atoms with Crippen LogP contribution in [0.4, 0.5) is 0 Å². The topological polar surface area (TPSA) is 22.8 Å². The smallest absolute Gasteiger partial charge is 0.124 e. The molecule has 0 aliphatic heterocycles. The van der Waals surface area contributed by atoms with Crippen molar-refractivity contribution in [3.8, 4) is 33.1 Å². The van der Waals surface area contributed by atoms with Crippen molar-refractivity contribution < 1.29 is 0 Å². The fraction of sp³-hybridized carbons (Fsp3) is 0. The molecular weight excluding hydrogens is 567 g/mol. The largest absolute Gasteiger partial charge is 0.309 e. The Morgan fingerprint density at radius 1 is 0.444 bits per heavy atom. The van der Waals surface area contributed by atoms with Crippen LogP contribution in [0.3, 0.4) is 0 Å². The summed E-state index contributed by atoms with van der Waals surface area (Å²) in [6.07, 6.45) is 0. The zero-order valence-corrected chi connectivity index (χ0v) is 24.8. The Kier molecular flexibility index (Phi) is 4.46. The van der Waals surface area contributed by atoms with Gasteiger partial charge in [0.05, 0.1) is 32.3 Å². The van der Waals surface area contributed by atoms with Crippen LogP contribution in [0.25, 0.3) is 97.7 Å². The minimum Gasteiger partial charge on any atom is -0.309 e. The van der Waals surface area contributed by atoms with Gasteiger partial charge in [-0.05, 0) is 77.2 Å². The van der Waals surface area contributed by atoms with Gasteiger partial charge in [-0.2, -0.15) is 0 Å². The van der Waals surface area contributed by atoms with Gasteiger partial charge in [0.15, 0.2) is 0 Å². The summed E-state index contributed by atoms with van der Waals surface area (Å²) in [5, 5.41) is 8.99. The van der Waals surface area contributed by atoms with Crippen LogP contribution in [0.5, 0.6) is 0 Å². The molecule has 11 rings (SSSR count). The lowest BCUT2D eigenvalue weighted by Crippen LogP contribution is -1.94. The number of nitrogens with zero attached hydrogens (tertiary/aromatic N) is 3. The molecule has 4 heteroatoms. The zero-order valence-electron chi connectivity index (χ0n) is 24.0. The highest BCUT2D eigenvalue weighted by molar-refractivity contribution is 7.21. The van der Waals surface area contributed by atoms with E-state index in [1.54, 1.807) is 11.3 Å². The number of hydrogen-bond donors (Lipinski definition) is 0. The highest BCUT2D eigenvalue weighted by atomic mass is 32.1. The predicted octanol–water partition coefficient (Wildman–Crippen LogP) is 11.3. The monoisotopic (exact) mass is 589 g/mol. The number of fused-ring (bicyclic) bond motifs is 2. The van der Waals surface area contributed by atoms with Gasteiger partial charge in [0.2, 0.25) is 0 Å². The minimum absolute atomic E-state index is 1.05. The van der Waals surface area contributed by atoms with E-state index in [0.29, 0.717) is 0 Å². The predicted molar refractivity (Wildman–Crippen MR) is 190 cm³/mol. The van der Waals surface area contributed by atoms with E-state index in [0.717, 1.165) is 21.8 Å². The van der Waals surface area contributed by atoms with E-state index < -0.39 is 0 Å². The average molecular weight is 590 g/mol. The highest BCUT2D eigenvalue weighted by Crippen LogP contribution is 2.51. The normalized spacial score (nSPS) is 12.4.